The van der Waals surface area contributed by atoms with Crippen molar-refractivity contribution in [2.24, 2.45) is 4.99 Å². The van der Waals surface area contributed by atoms with Crippen LogP contribution in [0.1, 0.15) is 18.4 Å². The summed E-state index contributed by atoms with van der Waals surface area (Å²) in [6.45, 7) is 1.15. The highest BCUT2D eigenvalue weighted by molar-refractivity contribution is 7.89. The molecule has 1 N–H and O–H groups in total. The second kappa shape index (κ2) is 7.98. The van der Waals surface area contributed by atoms with Crippen molar-refractivity contribution < 1.29 is 23.0 Å². The van der Waals surface area contributed by atoms with Gasteiger partial charge in [-0.1, -0.05) is 0 Å². The Kier molecular flexibility index (Phi) is 5.67. The van der Waals surface area contributed by atoms with Gasteiger partial charge in [0.25, 0.3) is 0 Å². The fourth-order valence-corrected chi connectivity index (χ4v) is 4.44. The second-order valence-corrected chi connectivity index (χ2v) is 8.08. The van der Waals surface area contributed by atoms with Crippen LogP contribution in [-0.4, -0.2) is 51.4 Å². The number of hydrogen-bond acceptors (Lipinski definition) is 6. The van der Waals surface area contributed by atoms with Crippen LogP contribution in [0.5, 0.6) is 17.2 Å². The Bertz CT molecular complexity index is 908. The molecule has 1 aliphatic heterocycles. The van der Waals surface area contributed by atoms with Crippen LogP contribution < -0.4 is 9.47 Å². The summed E-state index contributed by atoms with van der Waals surface area (Å²) < 4.78 is 36.8. The molecule has 3 rings (SSSR count). The Labute approximate surface area is 158 Å². The fourth-order valence-electron chi connectivity index (χ4n) is 2.92. The van der Waals surface area contributed by atoms with Crippen molar-refractivity contribution in [3.8, 4) is 17.2 Å². The number of sulfonamides is 1. The van der Waals surface area contributed by atoms with Crippen LogP contribution in [0, 0.1) is 0 Å². The Morgan fingerprint density at radius 3 is 2.11 bits per heavy atom. The number of aromatic hydroxyl groups is 1. The van der Waals surface area contributed by atoms with E-state index in [0.29, 0.717) is 24.3 Å². The molecular weight excluding hydrogens is 368 g/mol. The highest BCUT2D eigenvalue weighted by atomic mass is 32.2. The summed E-state index contributed by atoms with van der Waals surface area (Å²) in [5.74, 6) is 0.485. The maximum atomic E-state index is 12.5. The minimum Gasteiger partial charge on any atom is -0.502 e. The molecule has 0 aromatic heterocycles. The zero-order valence-corrected chi connectivity index (χ0v) is 16.1. The summed E-state index contributed by atoms with van der Waals surface area (Å²) in [7, 11) is -0.518. The minimum absolute atomic E-state index is 0.0753. The monoisotopic (exact) mass is 390 g/mol. The first-order chi connectivity index (χ1) is 13.0. The van der Waals surface area contributed by atoms with Gasteiger partial charge < -0.3 is 14.6 Å². The molecule has 2 aromatic carbocycles. The predicted octanol–water partition coefficient (Wildman–Crippen LogP) is 2.94. The molecule has 0 unspecified atom stereocenters. The van der Waals surface area contributed by atoms with Crippen LogP contribution in [0.3, 0.4) is 0 Å². The highest BCUT2D eigenvalue weighted by Gasteiger charge is 2.26. The number of benzene rings is 2. The number of phenols is 1. The number of ether oxygens (including phenoxy) is 2. The van der Waals surface area contributed by atoms with Crippen molar-refractivity contribution in [3.05, 3.63) is 42.0 Å². The van der Waals surface area contributed by atoms with Gasteiger partial charge in [-0.15, -0.1) is 0 Å². The summed E-state index contributed by atoms with van der Waals surface area (Å²) in [5.41, 5.74) is 1.29. The molecular formula is C19H22N2O5S. The van der Waals surface area contributed by atoms with Gasteiger partial charge in [-0.3, -0.25) is 4.99 Å². The molecule has 1 aliphatic rings. The standard InChI is InChI=1S/C19H22N2O5S/c1-25-17-11-14(12-18(26-2)19(17)22)13-20-15-5-7-16(8-6-15)27(23,24)21-9-3-4-10-21/h5-8,11-13,22H,3-4,9-10H2,1-2H3. The van der Waals surface area contributed by atoms with Crippen LogP contribution in [0.15, 0.2) is 46.3 Å². The van der Waals surface area contributed by atoms with Gasteiger partial charge in [0.05, 0.1) is 24.8 Å². The van der Waals surface area contributed by atoms with Gasteiger partial charge in [0.1, 0.15) is 0 Å². The van der Waals surface area contributed by atoms with Crippen LogP contribution in [0.4, 0.5) is 5.69 Å². The third-order valence-electron chi connectivity index (χ3n) is 4.40. The van der Waals surface area contributed by atoms with Crippen LogP contribution >= 0.6 is 0 Å². The first-order valence-corrected chi connectivity index (χ1v) is 9.99. The van der Waals surface area contributed by atoms with Crippen LogP contribution in [0.25, 0.3) is 0 Å². The second-order valence-electron chi connectivity index (χ2n) is 6.14. The maximum absolute atomic E-state index is 12.5. The molecule has 0 radical (unpaired) electrons. The van der Waals surface area contributed by atoms with E-state index in [1.54, 1.807) is 42.6 Å². The lowest BCUT2D eigenvalue weighted by Gasteiger charge is -2.15. The normalized spacial score (nSPS) is 15.3. The van der Waals surface area contributed by atoms with E-state index in [2.05, 4.69) is 4.99 Å². The number of hydrogen-bond donors (Lipinski definition) is 1. The lowest BCUT2D eigenvalue weighted by atomic mass is 10.2. The van der Waals surface area contributed by atoms with Gasteiger partial charge in [-0.05, 0) is 49.2 Å². The Morgan fingerprint density at radius 1 is 1.04 bits per heavy atom. The average Bonchev–Trinajstić information content (AvgIpc) is 3.23. The first kappa shape index (κ1) is 19.2. The van der Waals surface area contributed by atoms with E-state index in [1.807, 2.05) is 0 Å². The highest BCUT2D eigenvalue weighted by Crippen LogP contribution is 2.36. The molecule has 1 saturated heterocycles. The van der Waals surface area contributed by atoms with Gasteiger partial charge in [-0.25, -0.2) is 8.42 Å². The number of methoxy groups -OCH3 is 2. The molecule has 0 amide bonds. The molecule has 0 spiro atoms. The van der Waals surface area contributed by atoms with Gasteiger partial charge in [-0.2, -0.15) is 4.31 Å². The van der Waals surface area contributed by atoms with Crippen molar-refractivity contribution in [2.45, 2.75) is 17.7 Å². The molecule has 8 heteroatoms. The summed E-state index contributed by atoms with van der Waals surface area (Å²) >= 11 is 0. The van der Waals surface area contributed by atoms with E-state index >= 15 is 0 Å². The van der Waals surface area contributed by atoms with Gasteiger partial charge >= 0.3 is 0 Å². The van der Waals surface area contributed by atoms with Crippen molar-refractivity contribution in [2.75, 3.05) is 27.3 Å². The molecule has 0 aliphatic carbocycles. The molecule has 1 heterocycles. The smallest absolute Gasteiger partial charge is 0.243 e. The van der Waals surface area contributed by atoms with Gasteiger partial charge in [0.2, 0.25) is 15.8 Å². The molecule has 144 valence electrons. The van der Waals surface area contributed by atoms with E-state index in [1.165, 1.54) is 18.5 Å². The van der Waals surface area contributed by atoms with E-state index in [0.717, 1.165) is 12.8 Å². The quantitative estimate of drug-likeness (QED) is 0.766. The van der Waals surface area contributed by atoms with E-state index < -0.39 is 10.0 Å². The molecule has 2 aromatic rings. The molecule has 27 heavy (non-hydrogen) atoms. The lowest BCUT2D eigenvalue weighted by molar-refractivity contribution is 0.340. The van der Waals surface area contributed by atoms with Crippen LogP contribution in [-0.2, 0) is 10.0 Å². The summed E-state index contributed by atoms with van der Waals surface area (Å²) in [6.07, 6.45) is 3.40. The number of aliphatic imine (C=N–C) groups is 1. The fraction of sp³-hybridized carbons (Fsp3) is 0.316. The first-order valence-electron chi connectivity index (χ1n) is 8.55. The lowest BCUT2D eigenvalue weighted by Crippen LogP contribution is -2.27. The Morgan fingerprint density at radius 2 is 1.59 bits per heavy atom. The third kappa shape index (κ3) is 4.06. The van der Waals surface area contributed by atoms with Crippen molar-refractivity contribution in [1.82, 2.24) is 4.31 Å². The summed E-state index contributed by atoms with van der Waals surface area (Å²) in [6, 6.07) is 9.72. The van der Waals surface area contributed by atoms with E-state index in [-0.39, 0.29) is 22.1 Å². The molecule has 0 bridgehead atoms. The van der Waals surface area contributed by atoms with Crippen LogP contribution in [0.2, 0.25) is 0 Å². The largest absolute Gasteiger partial charge is 0.502 e. The molecule has 0 atom stereocenters. The van der Waals surface area contributed by atoms with Crippen molar-refractivity contribution >= 4 is 21.9 Å². The predicted molar refractivity (Wildman–Crippen MR) is 103 cm³/mol. The average molecular weight is 390 g/mol. The van der Waals surface area contributed by atoms with E-state index in [4.69, 9.17) is 9.47 Å². The maximum Gasteiger partial charge on any atom is 0.243 e. The summed E-state index contributed by atoms with van der Waals surface area (Å²) in [5, 5.41) is 9.94. The minimum atomic E-state index is -3.42. The number of phenolic OH excluding ortho intramolecular Hbond substituents is 1. The molecule has 1 fully saturated rings. The SMILES string of the molecule is COc1cc(C=Nc2ccc(S(=O)(=O)N3CCCC3)cc2)cc(OC)c1O. The Hall–Kier alpha value is -2.58. The Balaban J connectivity index is 1.80. The molecule has 7 nitrogen and oxygen atoms in total. The van der Waals surface area contributed by atoms with Gasteiger partial charge in [0, 0.05) is 24.9 Å². The number of rotatable bonds is 6. The topological polar surface area (TPSA) is 88.4 Å². The zero-order valence-electron chi connectivity index (χ0n) is 15.3. The molecule has 0 saturated carbocycles. The zero-order chi connectivity index (χ0) is 19.4. The van der Waals surface area contributed by atoms with Crippen molar-refractivity contribution in [1.29, 1.82) is 0 Å². The van der Waals surface area contributed by atoms with Gasteiger partial charge in [0.15, 0.2) is 11.5 Å². The van der Waals surface area contributed by atoms with E-state index in [9.17, 15) is 13.5 Å². The summed E-state index contributed by atoms with van der Waals surface area (Å²) in [4.78, 5) is 4.63. The third-order valence-corrected chi connectivity index (χ3v) is 6.32. The van der Waals surface area contributed by atoms with Crippen molar-refractivity contribution in [3.63, 3.8) is 0 Å². The number of nitrogens with zero attached hydrogens (tertiary/aromatic N) is 2.